The molecule has 1 fully saturated rings. The summed E-state index contributed by atoms with van der Waals surface area (Å²) in [6, 6.07) is 15.8. The molecule has 0 heterocycles. The van der Waals surface area contributed by atoms with Crippen LogP contribution in [-0.2, 0) is 16.8 Å². The van der Waals surface area contributed by atoms with Crippen molar-refractivity contribution in [3.8, 4) is 5.75 Å². The number of aliphatic imine (C=N–C) groups is 1. The number of hydrogen-bond acceptors (Lipinski definition) is 3. The van der Waals surface area contributed by atoms with Crippen LogP contribution in [0.4, 0.5) is 0 Å². The van der Waals surface area contributed by atoms with Crippen molar-refractivity contribution in [2.45, 2.75) is 24.8 Å². The quantitative estimate of drug-likeness (QED) is 0.295. The summed E-state index contributed by atoms with van der Waals surface area (Å²) in [4.78, 5) is 18.3. The van der Waals surface area contributed by atoms with Crippen molar-refractivity contribution in [1.82, 2.24) is 15.5 Å². The zero-order chi connectivity index (χ0) is 21.6. The van der Waals surface area contributed by atoms with Crippen LogP contribution < -0.4 is 15.4 Å². The molecule has 0 aliphatic heterocycles. The number of benzene rings is 2. The zero-order valence-electron chi connectivity index (χ0n) is 18.2. The molecule has 0 radical (unpaired) electrons. The normalized spacial score (nSPS) is 14.3. The lowest BCUT2D eigenvalue weighted by atomic mass is 9.96. The number of nitrogens with zero attached hydrogens (tertiary/aromatic N) is 2. The maximum atomic E-state index is 12.0. The molecule has 1 saturated carbocycles. The first kappa shape index (κ1) is 25.3. The third-order valence-corrected chi connectivity index (χ3v) is 5.60. The molecule has 0 bridgehead atoms. The Bertz CT molecular complexity index is 899. The van der Waals surface area contributed by atoms with E-state index >= 15 is 0 Å². The summed E-state index contributed by atoms with van der Waals surface area (Å²) in [6.45, 7) is 1.42. The van der Waals surface area contributed by atoms with E-state index in [4.69, 9.17) is 16.3 Å². The van der Waals surface area contributed by atoms with Crippen LogP contribution in [0.5, 0.6) is 5.75 Å². The monoisotopic (exact) mass is 556 g/mol. The van der Waals surface area contributed by atoms with Crippen LogP contribution in [0.3, 0.4) is 0 Å². The molecule has 168 valence electrons. The van der Waals surface area contributed by atoms with Crippen LogP contribution in [0.15, 0.2) is 53.5 Å². The number of rotatable bonds is 8. The van der Waals surface area contributed by atoms with E-state index in [2.05, 4.69) is 21.7 Å². The van der Waals surface area contributed by atoms with E-state index in [1.54, 1.807) is 26.1 Å². The van der Waals surface area contributed by atoms with Crippen molar-refractivity contribution in [3.63, 3.8) is 0 Å². The highest BCUT2D eigenvalue weighted by Crippen LogP contribution is 2.48. The van der Waals surface area contributed by atoms with E-state index < -0.39 is 0 Å². The van der Waals surface area contributed by atoms with E-state index in [0.29, 0.717) is 12.5 Å². The minimum Gasteiger partial charge on any atom is -0.497 e. The van der Waals surface area contributed by atoms with Gasteiger partial charge in [-0.3, -0.25) is 4.79 Å². The largest absolute Gasteiger partial charge is 0.497 e. The number of methoxy groups -OCH3 is 1. The van der Waals surface area contributed by atoms with Crippen LogP contribution in [0.25, 0.3) is 0 Å². The van der Waals surface area contributed by atoms with Gasteiger partial charge in [-0.15, -0.1) is 24.0 Å². The third-order valence-electron chi connectivity index (χ3n) is 5.37. The molecule has 3 rings (SSSR count). The summed E-state index contributed by atoms with van der Waals surface area (Å²) in [7, 11) is 5.13. The van der Waals surface area contributed by atoms with Crippen molar-refractivity contribution < 1.29 is 9.53 Å². The van der Waals surface area contributed by atoms with Gasteiger partial charge in [-0.25, -0.2) is 4.99 Å². The molecule has 0 atom stereocenters. The standard InChI is InChI=1S/C23H29ClN4O2.HI/c1-28(2)21(29)15-26-22(25-14-17-7-9-20(30-3)10-8-17)27-16-23(11-12-23)18-5-4-6-19(24)13-18;/h4-10,13H,11-12,14-16H2,1-3H3,(H2,25,26,27);1H. The maximum absolute atomic E-state index is 12.0. The van der Waals surface area contributed by atoms with Gasteiger partial charge >= 0.3 is 0 Å². The summed E-state index contributed by atoms with van der Waals surface area (Å²) in [6.07, 6.45) is 2.20. The van der Waals surface area contributed by atoms with Gasteiger partial charge in [-0.1, -0.05) is 35.9 Å². The van der Waals surface area contributed by atoms with Crippen LogP contribution in [0.1, 0.15) is 24.0 Å². The summed E-state index contributed by atoms with van der Waals surface area (Å²) < 4.78 is 5.20. The highest BCUT2D eigenvalue weighted by molar-refractivity contribution is 14.0. The molecule has 2 aromatic carbocycles. The summed E-state index contributed by atoms with van der Waals surface area (Å²) in [5.41, 5.74) is 2.37. The van der Waals surface area contributed by atoms with E-state index in [1.807, 2.05) is 42.5 Å². The molecule has 1 amide bonds. The number of hydrogen-bond donors (Lipinski definition) is 2. The fraction of sp³-hybridized carbons (Fsp3) is 0.391. The number of likely N-dealkylation sites (N-methyl/N-ethyl adjacent to an activating group) is 1. The number of halogens is 2. The highest BCUT2D eigenvalue weighted by atomic mass is 127. The molecule has 1 aliphatic rings. The third kappa shape index (κ3) is 7.28. The maximum Gasteiger partial charge on any atom is 0.241 e. The Hall–Kier alpha value is -2.00. The molecule has 0 spiro atoms. The predicted molar refractivity (Wildman–Crippen MR) is 137 cm³/mol. The smallest absolute Gasteiger partial charge is 0.241 e. The first-order chi connectivity index (χ1) is 14.4. The molecular weight excluding hydrogens is 527 g/mol. The second-order valence-electron chi connectivity index (χ2n) is 7.80. The molecule has 8 heteroatoms. The van der Waals surface area contributed by atoms with E-state index in [1.165, 1.54) is 5.56 Å². The zero-order valence-corrected chi connectivity index (χ0v) is 21.2. The Labute approximate surface area is 206 Å². The summed E-state index contributed by atoms with van der Waals surface area (Å²) in [5.74, 6) is 1.42. The van der Waals surface area contributed by atoms with Gasteiger partial charge in [0.25, 0.3) is 0 Å². The molecule has 31 heavy (non-hydrogen) atoms. The number of nitrogens with one attached hydrogen (secondary N) is 2. The minimum atomic E-state index is -0.00933. The first-order valence-electron chi connectivity index (χ1n) is 10.0. The second-order valence-corrected chi connectivity index (χ2v) is 8.24. The first-order valence-corrected chi connectivity index (χ1v) is 10.4. The highest BCUT2D eigenvalue weighted by Gasteiger charge is 2.44. The summed E-state index contributed by atoms with van der Waals surface area (Å²) in [5, 5.41) is 7.33. The SMILES string of the molecule is COc1ccc(CN=C(NCC(=O)N(C)C)NCC2(c3cccc(Cl)c3)CC2)cc1.I. The Morgan fingerprint density at radius 3 is 2.45 bits per heavy atom. The van der Waals surface area contributed by atoms with Crippen LogP contribution >= 0.6 is 35.6 Å². The van der Waals surface area contributed by atoms with Crippen molar-refractivity contribution in [2.24, 2.45) is 4.99 Å². The molecule has 0 unspecified atom stereocenters. The molecule has 2 aromatic rings. The Morgan fingerprint density at radius 1 is 1.16 bits per heavy atom. The van der Waals surface area contributed by atoms with E-state index in [0.717, 1.165) is 35.7 Å². The minimum absolute atomic E-state index is 0. The average molecular weight is 557 g/mol. The van der Waals surface area contributed by atoms with Gasteiger partial charge in [0.1, 0.15) is 5.75 Å². The van der Waals surface area contributed by atoms with Crippen molar-refractivity contribution in [1.29, 1.82) is 0 Å². The van der Waals surface area contributed by atoms with Crippen LogP contribution in [-0.4, -0.2) is 51.1 Å². The van der Waals surface area contributed by atoms with Crippen LogP contribution in [0, 0.1) is 0 Å². The lowest BCUT2D eigenvalue weighted by Crippen LogP contribution is -2.45. The van der Waals surface area contributed by atoms with E-state index in [-0.39, 0.29) is 41.8 Å². The number of carbonyl (C=O) groups is 1. The van der Waals surface area contributed by atoms with Crippen molar-refractivity contribution >= 4 is 47.4 Å². The number of carbonyl (C=O) groups excluding carboxylic acids is 1. The van der Waals surface area contributed by atoms with Gasteiger partial charge in [0.15, 0.2) is 5.96 Å². The number of ether oxygens (including phenoxy) is 1. The average Bonchev–Trinajstić information content (AvgIpc) is 3.54. The number of guanidine groups is 1. The Morgan fingerprint density at radius 2 is 1.87 bits per heavy atom. The van der Waals surface area contributed by atoms with Gasteiger partial charge in [-0.05, 0) is 48.2 Å². The van der Waals surface area contributed by atoms with Gasteiger partial charge in [0.2, 0.25) is 5.91 Å². The lowest BCUT2D eigenvalue weighted by Gasteiger charge is -2.20. The van der Waals surface area contributed by atoms with Gasteiger partial charge in [0.05, 0.1) is 20.2 Å². The van der Waals surface area contributed by atoms with Gasteiger partial charge < -0.3 is 20.3 Å². The predicted octanol–water partition coefficient (Wildman–Crippen LogP) is 3.82. The van der Waals surface area contributed by atoms with Gasteiger partial charge in [0, 0.05) is 31.1 Å². The van der Waals surface area contributed by atoms with Crippen molar-refractivity contribution in [2.75, 3.05) is 34.3 Å². The molecule has 0 saturated heterocycles. The Balaban J connectivity index is 0.00000341. The summed E-state index contributed by atoms with van der Waals surface area (Å²) >= 11 is 6.19. The molecular formula is C23H30ClIN4O2. The number of amides is 1. The molecule has 0 aromatic heterocycles. The fourth-order valence-corrected chi connectivity index (χ4v) is 3.37. The molecule has 2 N–H and O–H groups in total. The Kier molecular flexibility index (Phi) is 9.43. The lowest BCUT2D eigenvalue weighted by molar-refractivity contribution is -0.127. The van der Waals surface area contributed by atoms with Gasteiger partial charge in [-0.2, -0.15) is 0 Å². The van der Waals surface area contributed by atoms with E-state index in [9.17, 15) is 4.79 Å². The topological polar surface area (TPSA) is 66.0 Å². The second kappa shape index (κ2) is 11.6. The molecule has 6 nitrogen and oxygen atoms in total. The van der Waals surface area contributed by atoms with Crippen molar-refractivity contribution in [3.05, 3.63) is 64.7 Å². The molecule has 1 aliphatic carbocycles. The fourth-order valence-electron chi connectivity index (χ4n) is 3.18. The van der Waals surface area contributed by atoms with Crippen LogP contribution in [0.2, 0.25) is 5.02 Å².